The molecule has 1 aromatic heterocycles. The Labute approximate surface area is 173 Å². The van der Waals surface area contributed by atoms with Gasteiger partial charge >= 0.3 is 0 Å². The number of hydrogen-bond donors (Lipinski definition) is 1. The van der Waals surface area contributed by atoms with Crippen LogP contribution in [0.5, 0.6) is 0 Å². The van der Waals surface area contributed by atoms with E-state index in [0.29, 0.717) is 11.4 Å². The zero-order chi connectivity index (χ0) is 20.1. The Hall–Kier alpha value is -2.54. The number of rotatable bonds is 6. The summed E-state index contributed by atoms with van der Waals surface area (Å²) >= 11 is 1.41. The fraction of sp³-hybridized carbons (Fsp3) is 0.261. The number of ether oxygens (including phenoxy) is 1. The Balaban J connectivity index is 1.39. The van der Waals surface area contributed by atoms with Gasteiger partial charge in [-0.2, -0.15) is 0 Å². The molecule has 0 saturated carbocycles. The molecule has 1 aliphatic rings. The zero-order valence-electron chi connectivity index (χ0n) is 16.1. The van der Waals surface area contributed by atoms with Crippen LogP contribution >= 0.6 is 11.3 Å². The number of thiophene rings is 1. The number of hydrogen-bond acceptors (Lipinski definition) is 4. The van der Waals surface area contributed by atoms with E-state index < -0.39 is 0 Å². The first-order chi connectivity index (χ1) is 14.2. The van der Waals surface area contributed by atoms with Crippen molar-refractivity contribution in [3.8, 4) is 10.4 Å². The van der Waals surface area contributed by atoms with Gasteiger partial charge in [-0.25, -0.2) is 4.39 Å². The first-order valence-electron chi connectivity index (χ1n) is 9.70. The third-order valence-corrected chi connectivity index (χ3v) is 6.15. The van der Waals surface area contributed by atoms with E-state index in [2.05, 4.69) is 22.3 Å². The Morgan fingerprint density at radius 1 is 1.00 bits per heavy atom. The topological polar surface area (TPSA) is 41.6 Å². The molecular formula is C23H23FN2O2S. The van der Waals surface area contributed by atoms with Crippen molar-refractivity contribution in [3.05, 3.63) is 82.5 Å². The lowest BCUT2D eigenvalue weighted by Gasteiger charge is -2.27. The van der Waals surface area contributed by atoms with Crippen molar-refractivity contribution in [2.45, 2.75) is 13.1 Å². The summed E-state index contributed by atoms with van der Waals surface area (Å²) in [6.45, 7) is 4.76. The predicted molar refractivity (Wildman–Crippen MR) is 113 cm³/mol. The van der Waals surface area contributed by atoms with Gasteiger partial charge < -0.3 is 10.1 Å². The van der Waals surface area contributed by atoms with E-state index in [-0.39, 0.29) is 11.7 Å². The van der Waals surface area contributed by atoms with Gasteiger partial charge in [-0.1, -0.05) is 36.4 Å². The van der Waals surface area contributed by atoms with Crippen molar-refractivity contribution in [3.63, 3.8) is 0 Å². The Kier molecular flexibility index (Phi) is 6.34. The molecule has 1 saturated heterocycles. The minimum Gasteiger partial charge on any atom is -0.379 e. The zero-order valence-corrected chi connectivity index (χ0v) is 16.9. The molecule has 2 aromatic carbocycles. The molecule has 6 heteroatoms. The second-order valence-corrected chi connectivity index (χ2v) is 8.09. The van der Waals surface area contributed by atoms with Gasteiger partial charge in [-0.3, -0.25) is 9.69 Å². The van der Waals surface area contributed by atoms with Crippen molar-refractivity contribution in [1.29, 1.82) is 0 Å². The summed E-state index contributed by atoms with van der Waals surface area (Å²) in [7, 11) is 0. The normalized spacial score (nSPS) is 14.7. The maximum Gasteiger partial charge on any atom is 0.261 e. The molecular weight excluding hydrogens is 387 g/mol. The molecule has 1 amide bonds. The highest BCUT2D eigenvalue weighted by Gasteiger charge is 2.14. The Bertz CT molecular complexity index is 965. The largest absolute Gasteiger partial charge is 0.379 e. The number of nitrogens with one attached hydrogen (secondary N) is 1. The van der Waals surface area contributed by atoms with Gasteiger partial charge in [0.25, 0.3) is 5.91 Å². The van der Waals surface area contributed by atoms with Crippen LogP contribution in [0.1, 0.15) is 20.8 Å². The molecule has 0 aliphatic carbocycles. The SMILES string of the molecule is O=C(NCc1ccccc1CN1CCOCC1)c1ccc(-c2ccc(F)cc2)s1. The lowest BCUT2D eigenvalue weighted by molar-refractivity contribution is 0.0340. The first-order valence-corrected chi connectivity index (χ1v) is 10.5. The lowest BCUT2D eigenvalue weighted by Crippen LogP contribution is -2.36. The van der Waals surface area contributed by atoms with Gasteiger partial charge in [0.05, 0.1) is 18.1 Å². The van der Waals surface area contributed by atoms with Crippen LogP contribution < -0.4 is 5.32 Å². The molecule has 3 aromatic rings. The lowest BCUT2D eigenvalue weighted by atomic mass is 10.1. The quantitative estimate of drug-likeness (QED) is 0.658. The van der Waals surface area contributed by atoms with Crippen LogP contribution in [0, 0.1) is 5.82 Å². The Morgan fingerprint density at radius 2 is 1.72 bits per heavy atom. The smallest absolute Gasteiger partial charge is 0.261 e. The van der Waals surface area contributed by atoms with Crippen molar-refractivity contribution in [2.24, 2.45) is 0 Å². The van der Waals surface area contributed by atoms with E-state index in [1.165, 1.54) is 29.0 Å². The highest BCUT2D eigenvalue weighted by molar-refractivity contribution is 7.17. The summed E-state index contributed by atoms with van der Waals surface area (Å²) in [6, 6.07) is 18.3. The van der Waals surface area contributed by atoms with E-state index in [4.69, 9.17) is 4.74 Å². The summed E-state index contributed by atoms with van der Waals surface area (Å²) in [4.78, 5) is 16.6. The van der Waals surface area contributed by atoms with E-state index in [0.717, 1.165) is 48.9 Å². The van der Waals surface area contributed by atoms with E-state index in [9.17, 15) is 9.18 Å². The van der Waals surface area contributed by atoms with Crippen molar-refractivity contribution in [2.75, 3.05) is 26.3 Å². The van der Waals surface area contributed by atoms with Crippen LogP contribution in [-0.2, 0) is 17.8 Å². The maximum absolute atomic E-state index is 13.1. The van der Waals surface area contributed by atoms with Crippen LogP contribution in [0.25, 0.3) is 10.4 Å². The number of carbonyl (C=O) groups excluding carboxylic acids is 1. The van der Waals surface area contributed by atoms with Crippen LogP contribution in [0.4, 0.5) is 4.39 Å². The summed E-state index contributed by atoms with van der Waals surface area (Å²) < 4.78 is 18.5. The minimum absolute atomic E-state index is 0.0930. The third kappa shape index (κ3) is 5.09. The van der Waals surface area contributed by atoms with Crippen LogP contribution in [0.3, 0.4) is 0 Å². The molecule has 150 valence electrons. The fourth-order valence-electron chi connectivity index (χ4n) is 3.38. The molecule has 2 heterocycles. The summed E-state index contributed by atoms with van der Waals surface area (Å²) in [5.74, 6) is -0.358. The van der Waals surface area contributed by atoms with Crippen LogP contribution in [0.15, 0.2) is 60.7 Å². The van der Waals surface area contributed by atoms with E-state index in [1.807, 2.05) is 24.3 Å². The molecule has 0 spiro atoms. The maximum atomic E-state index is 13.1. The number of morpholine rings is 1. The van der Waals surface area contributed by atoms with E-state index >= 15 is 0 Å². The van der Waals surface area contributed by atoms with Gasteiger partial charge in [0.1, 0.15) is 5.82 Å². The van der Waals surface area contributed by atoms with Crippen molar-refractivity contribution < 1.29 is 13.9 Å². The van der Waals surface area contributed by atoms with Crippen molar-refractivity contribution >= 4 is 17.2 Å². The molecule has 4 rings (SSSR count). The van der Waals surface area contributed by atoms with Crippen LogP contribution in [-0.4, -0.2) is 37.1 Å². The van der Waals surface area contributed by atoms with E-state index in [1.54, 1.807) is 12.1 Å². The molecule has 0 unspecified atom stereocenters. The molecule has 4 nitrogen and oxygen atoms in total. The molecule has 29 heavy (non-hydrogen) atoms. The van der Waals surface area contributed by atoms with Gasteiger partial charge in [0.2, 0.25) is 0 Å². The highest BCUT2D eigenvalue weighted by Crippen LogP contribution is 2.28. The molecule has 0 radical (unpaired) electrons. The van der Waals surface area contributed by atoms with Gasteiger partial charge in [-0.05, 0) is 41.0 Å². The average Bonchev–Trinajstić information content (AvgIpc) is 3.24. The molecule has 0 atom stereocenters. The fourth-order valence-corrected chi connectivity index (χ4v) is 4.30. The third-order valence-electron chi connectivity index (χ3n) is 5.01. The molecule has 1 fully saturated rings. The molecule has 1 aliphatic heterocycles. The summed E-state index contributed by atoms with van der Waals surface area (Å²) in [5.41, 5.74) is 3.27. The predicted octanol–water partition coefficient (Wildman–Crippen LogP) is 4.32. The number of amides is 1. The van der Waals surface area contributed by atoms with Crippen LogP contribution in [0.2, 0.25) is 0 Å². The van der Waals surface area contributed by atoms with Crippen molar-refractivity contribution in [1.82, 2.24) is 10.2 Å². The standard InChI is InChI=1S/C23H23FN2O2S/c24-20-7-5-17(6-8-20)21-9-10-22(29-21)23(27)25-15-18-3-1-2-4-19(18)16-26-11-13-28-14-12-26/h1-10H,11-16H2,(H,25,27). The first kappa shape index (κ1) is 19.8. The Morgan fingerprint density at radius 3 is 2.48 bits per heavy atom. The highest BCUT2D eigenvalue weighted by atomic mass is 32.1. The second kappa shape index (κ2) is 9.31. The summed E-state index contributed by atoms with van der Waals surface area (Å²) in [6.07, 6.45) is 0. The number of benzene rings is 2. The minimum atomic E-state index is -0.265. The van der Waals surface area contributed by atoms with Gasteiger partial charge in [0, 0.05) is 31.1 Å². The monoisotopic (exact) mass is 410 g/mol. The summed E-state index contributed by atoms with van der Waals surface area (Å²) in [5, 5.41) is 3.04. The number of nitrogens with zero attached hydrogens (tertiary/aromatic N) is 1. The molecule has 1 N–H and O–H groups in total. The molecule has 0 bridgehead atoms. The van der Waals surface area contributed by atoms with Gasteiger partial charge in [0.15, 0.2) is 0 Å². The number of halogens is 1. The van der Waals surface area contributed by atoms with Gasteiger partial charge in [-0.15, -0.1) is 11.3 Å². The number of carbonyl (C=O) groups is 1. The second-order valence-electron chi connectivity index (χ2n) is 7.01. The average molecular weight is 411 g/mol.